The molecule has 3 amide bonds. The van der Waals surface area contributed by atoms with Gasteiger partial charge in [0.15, 0.2) is 0 Å². The van der Waals surface area contributed by atoms with E-state index in [9.17, 15) is 24.0 Å². The summed E-state index contributed by atoms with van der Waals surface area (Å²) >= 11 is 0. The summed E-state index contributed by atoms with van der Waals surface area (Å²) in [5.74, 6) is -3.63. The van der Waals surface area contributed by atoms with E-state index in [1.807, 2.05) is 36.4 Å². The fraction of sp³-hybridized carbons (Fsp3) is 0.414. The van der Waals surface area contributed by atoms with Crippen LogP contribution in [-0.2, 0) is 51.4 Å². The van der Waals surface area contributed by atoms with Crippen LogP contribution in [0.4, 0.5) is 0 Å². The van der Waals surface area contributed by atoms with Gasteiger partial charge in [0.05, 0.1) is 26.2 Å². The number of benzene rings is 2. The second kappa shape index (κ2) is 17.4. The first-order valence-electron chi connectivity index (χ1n) is 13.2. The van der Waals surface area contributed by atoms with Gasteiger partial charge in [-0.2, -0.15) is 0 Å². The standard InChI is InChI=1S/C29H38N4O8/c1-4-40-29(38)20(3)32-28(37)24(15-25(34)41-17-22-13-9-6-10-14-22)33-26(35)19(2)31-27(36)23(30)18-39-16-21-11-7-5-8-12-21/h5-14,19-20,23-24H,4,15-18,30H2,1-3H3,(H,31,36)(H,32,37)(H,33,35)/t19-,20-,23+,24-/m0/s1. The Morgan fingerprint density at radius 3 is 1.88 bits per heavy atom. The second-order valence-corrected chi connectivity index (χ2v) is 9.23. The molecule has 12 nitrogen and oxygen atoms in total. The molecule has 222 valence electrons. The maximum absolute atomic E-state index is 12.9. The Bertz CT molecular complexity index is 1150. The summed E-state index contributed by atoms with van der Waals surface area (Å²) in [7, 11) is 0. The first-order valence-corrected chi connectivity index (χ1v) is 13.2. The van der Waals surface area contributed by atoms with Crippen LogP contribution in [0.5, 0.6) is 0 Å². The molecule has 0 aliphatic carbocycles. The second-order valence-electron chi connectivity index (χ2n) is 9.23. The number of nitrogens with one attached hydrogen (secondary N) is 3. The number of esters is 2. The molecule has 0 fully saturated rings. The van der Waals surface area contributed by atoms with E-state index < -0.39 is 60.2 Å². The molecule has 41 heavy (non-hydrogen) atoms. The summed E-state index contributed by atoms with van der Waals surface area (Å²) < 4.78 is 15.6. The molecule has 0 aromatic heterocycles. The largest absolute Gasteiger partial charge is 0.464 e. The zero-order chi connectivity index (χ0) is 30.2. The minimum atomic E-state index is -1.40. The van der Waals surface area contributed by atoms with Crippen LogP contribution >= 0.6 is 0 Å². The van der Waals surface area contributed by atoms with Gasteiger partial charge in [-0.1, -0.05) is 60.7 Å². The summed E-state index contributed by atoms with van der Waals surface area (Å²) in [4.78, 5) is 62.8. The summed E-state index contributed by atoms with van der Waals surface area (Å²) in [6.45, 7) is 4.69. The first kappa shape index (κ1) is 32.9. The van der Waals surface area contributed by atoms with Crippen molar-refractivity contribution in [2.45, 2.75) is 64.6 Å². The van der Waals surface area contributed by atoms with Crippen molar-refractivity contribution in [3.8, 4) is 0 Å². The maximum atomic E-state index is 12.9. The zero-order valence-corrected chi connectivity index (χ0v) is 23.5. The highest BCUT2D eigenvalue weighted by molar-refractivity contribution is 5.95. The normalized spacial score (nSPS) is 13.6. The third-order valence-electron chi connectivity index (χ3n) is 5.74. The number of amides is 3. The topological polar surface area (TPSA) is 175 Å². The van der Waals surface area contributed by atoms with Gasteiger partial charge in [-0.3, -0.25) is 19.2 Å². The van der Waals surface area contributed by atoms with Crippen LogP contribution in [0.15, 0.2) is 60.7 Å². The van der Waals surface area contributed by atoms with Crippen molar-refractivity contribution < 1.29 is 38.2 Å². The van der Waals surface area contributed by atoms with Crippen LogP contribution < -0.4 is 21.7 Å². The predicted molar refractivity (Wildman–Crippen MR) is 149 cm³/mol. The predicted octanol–water partition coefficient (Wildman–Crippen LogP) is 0.721. The Hall–Kier alpha value is -4.29. The summed E-state index contributed by atoms with van der Waals surface area (Å²) in [6, 6.07) is 13.7. The highest BCUT2D eigenvalue weighted by atomic mass is 16.5. The molecule has 0 unspecified atom stereocenters. The molecule has 2 rings (SSSR count). The van der Waals surface area contributed by atoms with E-state index in [0.717, 1.165) is 11.1 Å². The number of carbonyl (C=O) groups is 5. The van der Waals surface area contributed by atoms with E-state index >= 15 is 0 Å². The molecule has 2 aromatic rings. The van der Waals surface area contributed by atoms with Gasteiger partial charge in [0.2, 0.25) is 17.7 Å². The van der Waals surface area contributed by atoms with Crippen molar-refractivity contribution in [2.75, 3.05) is 13.2 Å². The third kappa shape index (κ3) is 12.2. The van der Waals surface area contributed by atoms with E-state index in [-0.39, 0.29) is 26.4 Å². The molecular formula is C29H38N4O8. The number of nitrogens with two attached hydrogens (primary N) is 1. The first-order chi connectivity index (χ1) is 19.6. The number of hydrogen-bond donors (Lipinski definition) is 4. The zero-order valence-electron chi connectivity index (χ0n) is 23.5. The number of ether oxygens (including phenoxy) is 3. The molecule has 4 atom stereocenters. The minimum absolute atomic E-state index is 0.0299. The van der Waals surface area contributed by atoms with Crippen LogP contribution in [0, 0.1) is 0 Å². The van der Waals surface area contributed by atoms with Crippen molar-refractivity contribution >= 4 is 29.7 Å². The summed E-state index contributed by atoms with van der Waals surface area (Å²) in [5, 5.41) is 7.33. The minimum Gasteiger partial charge on any atom is -0.464 e. The van der Waals surface area contributed by atoms with Gasteiger partial charge in [-0.25, -0.2) is 4.79 Å². The SMILES string of the molecule is CCOC(=O)[C@H](C)NC(=O)[C@H](CC(=O)OCc1ccccc1)NC(=O)[C@H](C)NC(=O)[C@H](N)COCc1ccccc1. The Morgan fingerprint density at radius 2 is 1.29 bits per heavy atom. The molecule has 0 saturated heterocycles. The lowest BCUT2D eigenvalue weighted by atomic mass is 10.1. The average molecular weight is 571 g/mol. The molecule has 0 heterocycles. The average Bonchev–Trinajstić information content (AvgIpc) is 2.96. The van der Waals surface area contributed by atoms with Crippen LogP contribution in [0.25, 0.3) is 0 Å². The molecule has 0 radical (unpaired) electrons. The highest BCUT2D eigenvalue weighted by Crippen LogP contribution is 2.05. The van der Waals surface area contributed by atoms with Crippen molar-refractivity contribution in [1.29, 1.82) is 0 Å². The maximum Gasteiger partial charge on any atom is 0.328 e. The van der Waals surface area contributed by atoms with Crippen LogP contribution in [-0.4, -0.2) is 67.0 Å². The molecule has 5 N–H and O–H groups in total. The molecule has 0 saturated carbocycles. The van der Waals surface area contributed by atoms with E-state index in [4.69, 9.17) is 19.9 Å². The summed E-state index contributed by atoms with van der Waals surface area (Å²) in [6.07, 6.45) is -0.520. The highest BCUT2D eigenvalue weighted by Gasteiger charge is 2.30. The van der Waals surface area contributed by atoms with Gasteiger partial charge in [0.1, 0.15) is 30.8 Å². The van der Waals surface area contributed by atoms with E-state index in [0.29, 0.717) is 0 Å². The van der Waals surface area contributed by atoms with Crippen molar-refractivity contribution in [1.82, 2.24) is 16.0 Å². The number of rotatable bonds is 16. The van der Waals surface area contributed by atoms with Gasteiger partial charge in [-0.15, -0.1) is 0 Å². The summed E-state index contributed by atoms with van der Waals surface area (Å²) in [5.41, 5.74) is 7.55. The molecular weight excluding hydrogens is 532 g/mol. The van der Waals surface area contributed by atoms with Crippen molar-refractivity contribution in [3.63, 3.8) is 0 Å². The monoisotopic (exact) mass is 570 g/mol. The lowest BCUT2D eigenvalue weighted by molar-refractivity contribution is -0.148. The fourth-order valence-electron chi connectivity index (χ4n) is 3.45. The Balaban J connectivity index is 1.95. The van der Waals surface area contributed by atoms with Gasteiger partial charge >= 0.3 is 11.9 Å². The smallest absolute Gasteiger partial charge is 0.328 e. The third-order valence-corrected chi connectivity index (χ3v) is 5.74. The Labute approximate surface area is 239 Å². The van der Waals surface area contributed by atoms with Gasteiger partial charge in [0.25, 0.3) is 0 Å². The fourth-order valence-corrected chi connectivity index (χ4v) is 3.45. The lowest BCUT2D eigenvalue weighted by Crippen LogP contribution is -2.57. The van der Waals surface area contributed by atoms with Crippen LogP contribution in [0.1, 0.15) is 38.3 Å². The van der Waals surface area contributed by atoms with Crippen LogP contribution in [0.2, 0.25) is 0 Å². The van der Waals surface area contributed by atoms with E-state index in [2.05, 4.69) is 16.0 Å². The molecule has 2 aromatic carbocycles. The van der Waals surface area contributed by atoms with Gasteiger partial charge < -0.3 is 35.9 Å². The van der Waals surface area contributed by atoms with Gasteiger partial charge in [0, 0.05) is 0 Å². The number of carbonyl (C=O) groups excluding carboxylic acids is 5. The quantitative estimate of drug-likeness (QED) is 0.212. The molecule has 0 aliphatic heterocycles. The van der Waals surface area contributed by atoms with Crippen molar-refractivity contribution in [3.05, 3.63) is 71.8 Å². The van der Waals surface area contributed by atoms with E-state index in [1.165, 1.54) is 13.8 Å². The lowest BCUT2D eigenvalue weighted by Gasteiger charge is -2.23. The molecule has 0 aliphatic rings. The van der Waals surface area contributed by atoms with Crippen molar-refractivity contribution in [2.24, 2.45) is 5.73 Å². The number of hydrogen-bond acceptors (Lipinski definition) is 9. The molecule has 0 spiro atoms. The van der Waals surface area contributed by atoms with Crippen LogP contribution in [0.3, 0.4) is 0 Å². The Kier molecular flexibility index (Phi) is 14.0. The van der Waals surface area contributed by atoms with E-state index in [1.54, 1.807) is 31.2 Å². The Morgan fingerprint density at radius 1 is 0.732 bits per heavy atom. The molecule has 12 heteroatoms. The molecule has 0 bridgehead atoms. The van der Waals surface area contributed by atoms with Gasteiger partial charge in [-0.05, 0) is 31.9 Å².